The number of carbonyl (C=O) groups excluding carboxylic acids is 1. The molecule has 0 aliphatic carbocycles. The third-order valence-electron chi connectivity index (χ3n) is 2.38. The van der Waals surface area contributed by atoms with Gasteiger partial charge in [-0.3, -0.25) is 4.79 Å². The smallest absolute Gasteiger partial charge is 0.212 e. The number of methoxy groups -OCH3 is 1. The molecule has 0 atom stereocenters. The molecule has 0 saturated carbocycles. The Morgan fingerprint density at radius 3 is 2.71 bits per heavy atom. The zero-order valence-corrected chi connectivity index (χ0v) is 9.94. The van der Waals surface area contributed by atoms with Crippen LogP contribution in [0.5, 0.6) is 5.88 Å². The van der Waals surface area contributed by atoms with Crippen molar-refractivity contribution in [2.75, 3.05) is 7.11 Å². The number of ether oxygens (including phenoxy) is 1. The number of pyridine rings is 1. The summed E-state index contributed by atoms with van der Waals surface area (Å²) in [4.78, 5) is 14.8. The van der Waals surface area contributed by atoms with Gasteiger partial charge in [-0.15, -0.1) is 0 Å². The lowest BCUT2D eigenvalue weighted by Crippen LogP contribution is -1.89. The maximum atomic E-state index is 10.7. The maximum absolute atomic E-state index is 10.7. The van der Waals surface area contributed by atoms with Gasteiger partial charge in [0.15, 0.2) is 0 Å². The van der Waals surface area contributed by atoms with Crippen molar-refractivity contribution in [2.24, 2.45) is 0 Å². The number of carbonyl (C=O) groups is 1. The molecule has 0 unspecified atom stereocenters. The van der Waals surface area contributed by atoms with Crippen molar-refractivity contribution in [1.29, 1.82) is 0 Å². The van der Waals surface area contributed by atoms with Gasteiger partial charge in [0.05, 0.1) is 7.11 Å². The monoisotopic (exact) mass is 247 g/mol. The van der Waals surface area contributed by atoms with E-state index in [-0.39, 0.29) is 0 Å². The van der Waals surface area contributed by atoms with Gasteiger partial charge >= 0.3 is 0 Å². The van der Waals surface area contributed by atoms with Crippen LogP contribution in [0.3, 0.4) is 0 Å². The van der Waals surface area contributed by atoms with Crippen LogP contribution in [0.25, 0.3) is 11.1 Å². The summed E-state index contributed by atoms with van der Waals surface area (Å²) >= 11 is 6.09. The van der Waals surface area contributed by atoms with Gasteiger partial charge in [-0.1, -0.05) is 17.7 Å². The van der Waals surface area contributed by atoms with E-state index in [2.05, 4.69) is 4.98 Å². The van der Waals surface area contributed by atoms with Crippen molar-refractivity contribution < 1.29 is 9.53 Å². The molecule has 0 spiro atoms. The van der Waals surface area contributed by atoms with E-state index in [1.165, 1.54) is 0 Å². The van der Waals surface area contributed by atoms with Crippen LogP contribution >= 0.6 is 11.6 Å². The second-order valence-corrected chi connectivity index (χ2v) is 3.85. The van der Waals surface area contributed by atoms with Gasteiger partial charge in [0.1, 0.15) is 6.29 Å². The fourth-order valence-corrected chi connectivity index (χ4v) is 1.72. The molecule has 3 nitrogen and oxygen atoms in total. The number of halogens is 1. The van der Waals surface area contributed by atoms with Gasteiger partial charge in [-0.05, 0) is 18.2 Å². The molecule has 0 fully saturated rings. The van der Waals surface area contributed by atoms with E-state index in [0.29, 0.717) is 16.5 Å². The molecule has 0 N–H and O–H groups in total. The molecule has 17 heavy (non-hydrogen) atoms. The van der Waals surface area contributed by atoms with Crippen molar-refractivity contribution in [2.45, 2.75) is 0 Å². The SMILES string of the molecule is COc1ccc(-c2cc(C=O)ccc2Cl)cn1. The van der Waals surface area contributed by atoms with E-state index in [1.807, 2.05) is 6.07 Å². The molecule has 86 valence electrons. The molecule has 2 rings (SSSR count). The van der Waals surface area contributed by atoms with Crippen LogP contribution in [0.2, 0.25) is 5.02 Å². The summed E-state index contributed by atoms with van der Waals surface area (Å²) in [6, 6.07) is 8.71. The first-order chi connectivity index (χ1) is 8.24. The highest BCUT2D eigenvalue weighted by Crippen LogP contribution is 2.28. The number of hydrogen-bond acceptors (Lipinski definition) is 3. The first-order valence-electron chi connectivity index (χ1n) is 4.99. The van der Waals surface area contributed by atoms with Gasteiger partial charge in [-0.2, -0.15) is 0 Å². The molecule has 1 heterocycles. The molecule has 0 amide bonds. The second kappa shape index (κ2) is 4.97. The Balaban J connectivity index is 2.47. The Bertz CT molecular complexity index is 538. The molecule has 0 aliphatic rings. The first-order valence-corrected chi connectivity index (χ1v) is 5.37. The predicted octanol–water partition coefficient (Wildman–Crippen LogP) is 3.22. The van der Waals surface area contributed by atoms with E-state index in [1.54, 1.807) is 37.6 Å². The fraction of sp³-hybridized carbons (Fsp3) is 0.0769. The number of nitrogens with zero attached hydrogens (tertiary/aromatic N) is 1. The van der Waals surface area contributed by atoms with E-state index < -0.39 is 0 Å². The summed E-state index contributed by atoms with van der Waals surface area (Å²) < 4.78 is 4.98. The molecule has 0 aliphatic heterocycles. The minimum absolute atomic E-state index is 0.538. The molecule has 0 radical (unpaired) electrons. The highest BCUT2D eigenvalue weighted by molar-refractivity contribution is 6.33. The molecule has 1 aromatic carbocycles. The fourth-order valence-electron chi connectivity index (χ4n) is 1.50. The molecule has 0 saturated heterocycles. The van der Waals surface area contributed by atoms with Gasteiger partial charge in [0.25, 0.3) is 0 Å². The summed E-state index contributed by atoms with van der Waals surface area (Å²) in [7, 11) is 1.56. The number of hydrogen-bond donors (Lipinski definition) is 0. The van der Waals surface area contributed by atoms with Gasteiger partial charge < -0.3 is 4.74 Å². The van der Waals surface area contributed by atoms with E-state index >= 15 is 0 Å². The van der Waals surface area contributed by atoms with Crippen molar-refractivity contribution in [3.63, 3.8) is 0 Å². The Morgan fingerprint density at radius 2 is 2.12 bits per heavy atom. The van der Waals surface area contributed by atoms with Crippen molar-refractivity contribution in [3.05, 3.63) is 47.1 Å². The van der Waals surface area contributed by atoms with Crippen LogP contribution in [0, 0.1) is 0 Å². The molecular weight excluding hydrogens is 238 g/mol. The van der Waals surface area contributed by atoms with Crippen molar-refractivity contribution in [3.8, 4) is 17.0 Å². The molecule has 1 aromatic heterocycles. The number of aromatic nitrogens is 1. The van der Waals surface area contributed by atoms with E-state index in [0.717, 1.165) is 17.4 Å². The zero-order chi connectivity index (χ0) is 12.3. The van der Waals surface area contributed by atoms with E-state index in [4.69, 9.17) is 16.3 Å². The summed E-state index contributed by atoms with van der Waals surface area (Å²) in [5.74, 6) is 0.538. The average molecular weight is 248 g/mol. The van der Waals surface area contributed by atoms with E-state index in [9.17, 15) is 4.79 Å². The number of benzene rings is 1. The largest absolute Gasteiger partial charge is 0.481 e. The van der Waals surface area contributed by atoms with Crippen LogP contribution in [0.15, 0.2) is 36.5 Å². The number of aldehydes is 1. The standard InChI is InChI=1S/C13H10ClNO2/c1-17-13-5-3-10(7-15-13)11-6-9(8-16)2-4-12(11)14/h2-8H,1H3. The van der Waals surface area contributed by atoms with Crippen LogP contribution in [-0.4, -0.2) is 18.4 Å². The third kappa shape index (κ3) is 2.45. The Labute approximate surface area is 104 Å². The Morgan fingerprint density at radius 1 is 1.29 bits per heavy atom. The molecule has 0 bridgehead atoms. The van der Waals surface area contributed by atoms with Crippen LogP contribution in [0.4, 0.5) is 0 Å². The van der Waals surface area contributed by atoms with Crippen molar-refractivity contribution >= 4 is 17.9 Å². The highest BCUT2D eigenvalue weighted by Gasteiger charge is 2.05. The average Bonchev–Trinajstić information content (AvgIpc) is 2.39. The Kier molecular flexibility index (Phi) is 3.40. The quantitative estimate of drug-likeness (QED) is 0.782. The van der Waals surface area contributed by atoms with Gasteiger partial charge in [0.2, 0.25) is 5.88 Å². The lowest BCUT2D eigenvalue weighted by atomic mass is 10.1. The van der Waals surface area contributed by atoms with Crippen LogP contribution in [-0.2, 0) is 0 Å². The first kappa shape index (κ1) is 11.6. The predicted molar refractivity (Wildman–Crippen MR) is 66.6 cm³/mol. The second-order valence-electron chi connectivity index (χ2n) is 3.45. The van der Waals surface area contributed by atoms with Crippen LogP contribution < -0.4 is 4.74 Å². The normalized spacial score (nSPS) is 10.0. The topological polar surface area (TPSA) is 39.2 Å². The van der Waals surface area contributed by atoms with Crippen molar-refractivity contribution in [1.82, 2.24) is 4.98 Å². The summed E-state index contributed by atoms with van der Waals surface area (Å²) in [6.07, 6.45) is 2.45. The summed E-state index contributed by atoms with van der Waals surface area (Å²) in [5, 5.41) is 0.586. The summed E-state index contributed by atoms with van der Waals surface area (Å²) in [5.41, 5.74) is 2.21. The molecular formula is C13H10ClNO2. The zero-order valence-electron chi connectivity index (χ0n) is 9.18. The lowest BCUT2D eigenvalue weighted by molar-refractivity contribution is 0.112. The molecule has 4 heteroatoms. The van der Waals surface area contributed by atoms with Crippen LogP contribution in [0.1, 0.15) is 10.4 Å². The Hall–Kier alpha value is -1.87. The molecule has 2 aromatic rings. The minimum atomic E-state index is 0.538. The number of rotatable bonds is 3. The van der Waals surface area contributed by atoms with Gasteiger partial charge in [-0.25, -0.2) is 4.98 Å². The maximum Gasteiger partial charge on any atom is 0.212 e. The third-order valence-corrected chi connectivity index (χ3v) is 2.71. The summed E-state index contributed by atoms with van der Waals surface area (Å²) in [6.45, 7) is 0. The van der Waals surface area contributed by atoms with Gasteiger partial charge in [0, 0.05) is 34.0 Å². The highest BCUT2D eigenvalue weighted by atomic mass is 35.5. The minimum Gasteiger partial charge on any atom is -0.481 e. The lowest BCUT2D eigenvalue weighted by Gasteiger charge is -2.05.